The summed E-state index contributed by atoms with van der Waals surface area (Å²) in [5.41, 5.74) is 2.43. The molecule has 0 fully saturated rings. The van der Waals surface area contributed by atoms with E-state index in [1.54, 1.807) is 7.11 Å². The van der Waals surface area contributed by atoms with E-state index in [2.05, 4.69) is 12.1 Å². The van der Waals surface area contributed by atoms with E-state index in [0.717, 1.165) is 6.42 Å². The lowest BCUT2D eigenvalue weighted by atomic mass is 9.98. The maximum atomic E-state index is 11.3. The lowest BCUT2D eigenvalue weighted by Gasteiger charge is -2.09. The predicted molar refractivity (Wildman–Crippen MR) is 60.2 cm³/mol. The fourth-order valence-corrected chi connectivity index (χ4v) is 2.39. The third-order valence-corrected chi connectivity index (χ3v) is 3.21. The predicted octanol–water partition coefficient (Wildman–Crippen LogP) is 2.42. The van der Waals surface area contributed by atoms with Crippen molar-refractivity contribution in [3.8, 4) is 0 Å². The number of hydrogen-bond acceptors (Lipinski definition) is 3. The minimum atomic E-state index is -0.156. The lowest BCUT2D eigenvalue weighted by Crippen LogP contribution is -2.06. The van der Waals surface area contributed by atoms with Crippen LogP contribution in [0.3, 0.4) is 0 Å². The summed E-state index contributed by atoms with van der Waals surface area (Å²) in [5, 5.41) is 0. The molecule has 3 nitrogen and oxygen atoms in total. The maximum absolute atomic E-state index is 11.3. The van der Waals surface area contributed by atoms with Gasteiger partial charge in [-0.2, -0.15) is 0 Å². The molecule has 3 heteroatoms. The molecule has 1 aliphatic carbocycles. The second-order valence-corrected chi connectivity index (χ2v) is 4.07. The molecule has 0 saturated heterocycles. The quantitative estimate of drug-likeness (QED) is 0.734. The van der Waals surface area contributed by atoms with Crippen LogP contribution in [0.1, 0.15) is 36.0 Å². The van der Waals surface area contributed by atoms with Crippen molar-refractivity contribution >= 4 is 5.97 Å². The van der Waals surface area contributed by atoms with Gasteiger partial charge in [0.25, 0.3) is 0 Å². The summed E-state index contributed by atoms with van der Waals surface area (Å²) in [4.78, 5) is 11.3. The molecule has 0 N–H and O–H groups in total. The van der Waals surface area contributed by atoms with Crippen molar-refractivity contribution in [1.82, 2.24) is 0 Å². The number of rotatable bonds is 3. The van der Waals surface area contributed by atoms with Crippen LogP contribution in [0.5, 0.6) is 0 Å². The minimum Gasteiger partial charge on any atom is -0.469 e. The average Bonchev–Trinajstić information content (AvgIpc) is 2.68. The third kappa shape index (κ3) is 1.95. The van der Waals surface area contributed by atoms with Gasteiger partial charge in [0.1, 0.15) is 0 Å². The number of methoxy groups -OCH3 is 2. The Bertz CT molecular complexity index is 387. The summed E-state index contributed by atoms with van der Waals surface area (Å²) in [6, 6.07) is 8.15. The van der Waals surface area contributed by atoms with E-state index in [4.69, 9.17) is 9.47 Å². The fraction of sp³-hybridized carbons (Fsp3) is 0.462. The maximum Gasteiger partial charge on any atom is 0.306 e. The fourth-order valence-electron chi connectivity index (χ4n) is 2.39. The van der Waals surface area contributed by atoms with Crippen LogP contribution in [0.2, 0.25) is 0 Å². The molecule has 1 aliphatic rings. The molecule has 0 spiro atoms. The van der Waals surface area contributed by atoms with Gasteiger partial charge in [0.15, 0.2) is 0 Å². The topological polar surface area (TPSA) is 35.5 Å². The van der Waals surface area contributed by atoms with Gasteiger partial charge in [0.2, 0.25) is 0 Å². The monoisotopic (exact) mass is 220 g/mol. The Balaban J connectivity index is 2.22. The van der Waals surface area contributed by atoms with Crippen molar-refractivity contribution in [3.05, 3.63) is 35.4 Å². The third-order valence-electron chi connectivity index (χ3n) is 3.21. The van der Waals surface area contributed by atoms with Gasteiger partial charge in [-0.25, -0.2) is 0 Å². The van der Waals surface area contributed by atoms with Crippen LogP contribution < -0.4 is 0 Å². The molecule has 2 atom stereocenters. The number of hydrogen-bond donors (Lipinski definition) is 0. The molecule has 0 bridgehead atoms. The van der Waals surface area contributed by atoms with E-state index >= 15 is 0 Å². The van der Waals surface area contributed by atoms with Crippen molar-refractivity contribution in [2.75, 3.05) is 14.2 Å². The zero-order chi connectivity index (χ0) is 11.5. The van der Waals surface area contributed by atoms with E-state index in [1.807, 2.05) is 12.1 Å². The van der Waals surface area contributed by atoms with Crippen molar-refractivity contribution in [2.24, 2.45) is 0 Å². The van der Waals surface area contributed by atoms with E-state index < -0.39 is 0 Å². The van der Waals surface area contributed by atoms with Gasteiger partial charge in [0.05, 0.1) is 19.6 Å². The summed E-state index contributed by atoms with van der Waals surface area (Å²) >= 11 is 0. The summed E-state index contributed by atoms with van der Waals surface area (Å²) in [7, 11) is 3.14. The van der Waals surface area contributed by atoms with Gasteiger partial charge in [0, 0.05) is 7.11 Å². The van der Waals surface area contributed by atoms with Crippen LogP contribution in [-0.2, 0) is 14.3 Å². The largest absolute Gasteiger partial charge is 0.469 e. The highest BCUT2D eigenvalue weighted by Gasteiger charge is 2.31. The van der Waals surface area contributed by atoms with Crippen molar-refractivity contribution in [2.45, 2.75) is 24.9 Å². The van der Waals surface area contributed by atoms with Crippen LogP contribution in [0.25, 0.3) is 0 Å². The zero-order valence-corrected chi connectivity index (χ0v) is 9.60. The summed E-state index contributed by atoms with van der Waals surface area (Å²) in [6.45, 7) is 0. The molecule has 1 aromatic rings. The summed E-state index contributed by atoms with van der Waals surface area (Å²) in [5.74, 6) is 0.0742. The molecule has 1 aromatic carbocycles. The van der Waals surface area contributed by atoms with Crippen molar-refractivity contribution in [1.29, 1.82) is 0 Å². The molecule has 0 saturated carbocycles. The molecule has 0 radical (unpaired) electrons. The van der Waals surface area contributed by atoms with Crippen LogP contribution in [0.15, 0.2) is 24.3 Å². The molecule has 16 heavy (non-hydrogen) atoms. The number of esters is 1. The lowest BCUT2D eigenvalue weighted by molar-refractivity contribution is -0.141. The van der Waals surface area contributed by atoms with Crippen LogP contribution in [0, 0.1) is 0 Å². The van der Waals surface area contributed by atoms with Gasteiger partial charge in [-0.05, 0) is 23.5 Å². The van der Waals surface area contributed by atoms with E-state index in [-0.39, 0.29) is 18.0 Å². The first-order chi connectivity index (χ1) is 7.76. The highest BCUT2D eigenvalue weighted by atomic mass is 16.5. The second kappa shape index (κ2) is 4.66. The zero-order valence-electron chi connectivity index (χ0n) is 9.60. The van der Waals surface area contributed by atoms with Gasteiger partial charge < -0.3 is 9.47 Å². The molecule has 0 aliphatic heterocycles. The molecule has 0 unspecified atom stereocenters. The Morgan fingerprint density at radius 3 is 2.62 bits per heavy atom. The molecule has 86 valence electrons. The Labute approximate surface area is 95.4 Å². The Morgan fingerprint density at radius 2 is 2.00 bits per heavy atom. The van der Waals surface area contributed by atoms with E-state index in [1.165, 1.54) is 18.2 Å². The second-order valence-electron chi connectivity index (χ2n) is 4.07. The first kappa shape index (κ1) is 11.1. The van der Waals surface area contributed by atoms with Crippen molar-refractivity contribution < 1.29 is 14.3 Å². The molecule has 0 heterocycles. The SMILES string of the molecule is COC(=O)C[C@@H]1C[C@H](OC)c2ccccc21. The first-order valence-electron chi connectivity index (χ1n) is 5.44. The molecule has 2 rings (SSSR count). The minimum absolute atomic E-state index is 0.117. The number of carbonyl (C=O) groups is 1. The van der Waals surface area contributed by atoms with Gasteiger partial charge >= 0.3 is 5.97 Å². The highest BCUT2D eigenvalue weighted by molar-refractivity contribution is 5.70. The summed E-state index contributed by atoms with van der Waals surface area (Å²) < 4.78 is 10.1. The smallest absolute Gasteiger partial charge is 0.306 e. The number of ether oxygens (including phenoxy) is 2. The van der Waals surface area contributed by atoms with Gasteiger partial charge in [-0.15, -0.1) is 0 Å². The van der Waals surface area contributed by atoms with Gasteiger partial charge in [-0.1, -0.05) is 24.3 Å². The van der Waals surface area contributed by atoms with E-state index in [0.29, 0.717) is 6.42 Å². The molecular formula is C13H16O3. The van der Waals surface area contributed by atoms with Crippen LogP contribution >= 0.6 is 0 Å². The molecule has 0 aromatic heterocycles. The van der Waals surface area contributed by atoms with Crippen molar-refractivity contribution in [3.63, 3.8) is 0 Å². The number of benzene rings is 1. The Hall–Kier alpha value is -1.35. The standard InChI is InChI=1S/C13H16O3/c1-15-12-7-9(8-13(14)16-2)10-5-3-4-6-11(10)12/h3-6,9,12H,7-8H2,1-2H3/t9-,12-/m0/s1. The first-order valence-corrected chi connectivity index (χ1v) is 5.44. The van der Waals surface area contributed by atoms with Crippen LogP contribution in [-0.4, -0.2) is 20.2 Å². The Morgan fingerprint density at radius 1 is 1.31 bits per heavy atom. The Kier molecular flexibility index (Phi) is 3.25. The summed E-state index contributed by atoms with van der Waals surface area (Å²) in [6.07, 6.45) is 1.42. The number of carbonyl (C=O) groups excluding carboxylic acids is 1. The van der Waals surface area contributed by atoms with Crippen LogP contribution in [0.4, 0.5) is 0 Å². The molecular weight excluding hydrogens is 204 g/mol. The highest BCUT2D eigenvalue weighted by Crippen LogP contribution is 2.43. The average molecular weight is 220 g/mol. The van der Waals surface area contributed by atoms with Gasteiger partial charge in [-0.3, -0.25) is 4.79 Å². The molecule has 0 amide bonds. The van der Waals surface area contributed by atoms with E-state index in [9.17, 15) is 4.79 Å². The number of fused-ring (bicyclic) bond motifs is 1. The normalized spacial score (nSPS) is 22.9.